The molecule has 0 unspecified atom stereocenters. The Hall–Kier alpha value is -1.84. The number of aromatic nitrogens is 2. The van der Waals surface area contributed by atoms with E-state index >= 15 is 0 Å². The van der Waals surface area contributed by atoms with Crippen LogP contribution in [0.3, 0.4) is 0 Å². The Morgan fingerprint density at radius 1 is 1.50 bits per heavy atom. The van der Waals surface area contributed by atoms with Crippen molar-refractivity contribution in [1.82, 2.24) is 9.97 Å². The van der Waals surface area contributed by atoms with Crippen molar-refractivity contribution in [2.24, 2.45) is 0 Å². The molecule has 0 radical (unpaired) electrons. The third kappa shape index (κ3) is 2.82. The largest absolute Gasteiger partial charge is 0.514 e. The van der Waals surface area contributed by atoms with Crippen LogP contribution in [0.4, 0.5) is 5.82 Å². The summed E-state index contributed by atoms with van der Waals surface area (Å²) in [4.78, 5) is 10.4. The van der Waals surface area contributed by atoms with Crippen LogP contribution in [0.1, 0.15) is 18.4 Å². The molecule has 0 aliphatic heterocycles. The predicted molar refractivity (Wildman–Crippen MR) is 65.4 cm³/mol. The van der Waals surface area contributed by atoms with E-state index < -0.39 is 0 Å². The maximum atomic E-state index is 9.05. The molecule has 0 aromatic carbocycles. The van der Waals surface area contributed by atoms with Gasteiger partial charge in [-0.05, 0) is 20.8 Å². The molecule has 0 fully saturated rings. The summed E-state index contributed by atoms with van der Waals surface area (Å²) in [6.45, 7) is 9.87. The van der Waals surface area contributed by atoms with Crippen LogP contribution in [0.15, 0.2) is 30.7 Å². The van der Waals surface area contributed by atoms with E-state index in [0.29, 0.717) is 6.54 Å². The Bertz CT molecular complexity index is 392. The lowest BCUT2D eigenvalue weighted by atomic mass is 10.3. The number of aliphatic hydroxyl groups excluding tert-OH is 1. The number of allylic oxidation sites excluding steroid dienone is 1. The SMILES string of the molecule is C=CCN(/C(C)=C\O)c1cc(C)nc(C)n1. The van der Waals surface area contributed by atoms with Gasteiger partial charge in [0.05, 0.1) is 12.0 Å². The fourth-order valence-electron chi connectivity index (χ4n) is 1.45. The van der Waals surface area contributed by atoms with Gasteiger partial charge in [-0.25, -0.2) is 9.97 Å². The van der Waals surface area contributed by atoms with E-state index in [1.165, 1.54) is 0 Å². The molecule has 1 rings (SSSR count). The lowest BCUT2D eigenvalue weighted by Gasteiger charge is -2.22. The second kappa shape index (κ2) is 5.30. The van der Waals surface area contributed by atoms with Crippen molar-refractivity contribution in [3.63, 3.8) is 0 Å². The quantitative estimate of drug-likeness (QED) is 0.624. The molecule has 0 aliphatic carbocycles. The molecular formula is C12H17N3O. The number of hydrogen-bond donors (Lipinski definition) is 1. The van der Waals surface area contributed by atoms with E-state index in [0.717, 1.165) is 29.3 Å². The average molecular weight is 219 g/mol. The highest BCUT2D eigenvalue weighted by Gasteiger charge is 2.09. The molecule has 0 spiro atoms. The van der Waals surface area contributed by atoms with E-state index in [-0.39, 0.29) is 0 Å². The van der Waals surface area contributed by atoms with Gasteiger partial charge in [0, 0.05) is 18.3 Å². The second-order valence-corrected chi connectivity index (χ2v) is 3.58. The van der Waals surface area contributed by atoms with Gasteiger partial charge in [0.25, 0.3) is 0 Å². The second-order valence-electron chi connectivity index (χ2n) is 3.58. The van der Waals surface area contributed by atoms with Crippen LogP contribution in [0.25, 0.3) is 0 Å². The maximum absolute atomic E-state index is 9.05. The summed E-state index contributed by atoms with van der Waals surface area (Å²) in [6.07, 6.45) is 2.83. The van der Waals surface area contributed by atoms with Crippen LogP contribution in [0.5, 0.6) is 0 Å². The molecule has 1 aromatic rings. The molecule has 4 nitrogen and oxygen atoms in total. The summed E-state index contributed by atoms with van der Waals surface area (Å²) >= 11 is 0. The summed E-state index contributed by atoms with van der Waals surface area (Å²) in [5.41, 5.74) is 1.62. The Balaban J connectivity index is 3.14. The number of aliphatic hydroxyl groups is 1. The molecular weight excluding hydrogens is 202 g/mol. The Morgan fingerprint density at radius 3 is 2.69 bits per heavy atom. The van der Waals surface area contributed by atoms with Crippen LogP contribution < -0.4 is 4.90 Å². The highest BCUT2D eigenvalue weighted by Crippen LogP contribution is 2.17. The Morgan fingerprint density at radius 2 is 2.19 bits per heavy atom. The third-order valence-electron chi connectivity index (χ3n) is 2.15. The standard InChI is InChI=1S/C12H17N3O/c1-5-6-15(10(3)8-16)12-7-9(2)13-11(4)14-12/h5,7-8,16H,1,6H2,2-4H3/b10-8-. The molecule has 0 saturated carbocycles. The summed E-state index contributed by atoms with van der Waals surface area (Å²) in [5, 5.41) is 9.05. The van der Waals surface area contributed by atoms with Gasteiger partial charge in [0.15, 0.2) is 0 Å². The first-order chi connectivity index (χ1) is 7.58. The zero-order valence-electron chi connectivity index (χ0n) is 9.94. The first-order valence-electron chi connectivity index (χ1n) is 5.10. The molecule has 0 amide bonds. The van der Waals surface area contributed by atoms with Gasteiger partial charge in [-0.3, -0.25) is 0 Å². The number of anilines is 1. The van der Waals surface area contributed by atoms with Crippen molar-refractivity contribution >= 4 is 5.82 Å². The molecule has 0 atom stereocenters. The molecule has 0 bridgehead atoms. The molecule has 4 heteroatoms. The average Bonchev–Trinajstić information content (AvgIpc) is 2.23. The molecule has 1 heterocycles. The van der Waals surface area contributed by atoms with Crippen LogP contribution in [0, 0.1) is 13.8 Å². The van der Waals surface area contributed by atoms with Crippen molar-refractivity contribution in [2.75, 3.05) is 11.4 Å². The molecule has 86 valence electrons. The molecule has 0 aliphatic rings. The third-order valence-corrected chi connectivity index (χ3v) is 2.15. The van der Waals surface area contributed by atoms with Crippen molar-refractivity contribution in [3.8, 4) is 0 Å². The highest BCUT2D eigenvalue weighted by molar-refractivity contribution is 5.46. The topological polar surface area (TPSA) is 49.2 Å². The summed E-state index contributed by atoms with van der Waals surface area (Å²) in [7, 11) is 0. The van der Waals surface area contributed by atoms with Gasteiger partial charge in [-0.2, -0.15) is 0 Å². The molecule has 16 heavy (non-hydrogen) atoms. The van der Waals surface area contributed by atoms with E-state index in [2.05, 4.69) is 16.5 Å². The van der Waals surface area contributed by atoms with Crippen LogP contribution in [0.2, 0.25) is 0 Å². The molecule has 0 saturated heterocycles. The summed E-state index contributed by atoms with van der Waals surface area (Å²) in [5.74, 6) is 1.49. The zero-order valence-corrected chi connectivity index (χ0v) is 9.94. The van der Waals surface area contributed by atoms with Crippen molar-refractivity contribution in [3.05, 3.63) is 42.2 Å². The predicted octanol–water partition coefficient (Wildman–Crippen LogP) is 2.51. The normalized spacial score (nSPS) is 11.3. The number of rotatable bonds is 4. The van der Waals surface area contributed by atoms with Gasteiger partial charge in [-0.1, -0.05) is 6.08 Å². The van der Waals surface area contributed by atoms with Crippen molar-refractivity contribution in [1.29, 1.82) is 0 Å². The number of nitrogens with zero attached hydrogens (tertiary/aromatic N) is 3. The van der Waals surface area contributed by atoms with E-state index in [1.54, 1.807) is 6.08 Å². The highest BCUT2D eigenvalue weighted by atomic mass is 16.2. The Labute approximate surface area is 96.0 Å². The summed E-state index contributed by atoms with van der Waals surface area (Å²) < 4.78 is 0. The van der Waals surface area contributed by atoms with Crippen molar-refractivity contribution in [2.45, 2.75) is 20.8 Å². The zero-order chi connectivity index (χ0) is 12.1. The van der Waals surface area contributed by atoms with Gasteiger partial charge in [0.1, 0.15) is 11.6 Å². The lowest BCUT2D eigenvalue weighted by molar-refractivity contribution is 0.465. The summed E-state index contributed by atoms with van der Waals surface area (Å²) in [6, 6.07) is 1.88. The van der Waals surface area contributed by atoms with Gasteiger partial charge in [-0.15, -0.1) is 6.58 Å². The Kier molecular flexibility index (Phi) is 4.05. The lowest BCUT2D eigenvalue weighted by Crippen LogP contribution is -2.22. The monoisotopic (exact) mass is 219 g/mol. The van der Waals surface area contributed by atoms with E-state index in [4.69, 9.17) is 5.11 Å². The minimum absolute atomic E-state index is 0.596. The van der Waals surface area contributed by atoms with Gasteiger partial charge in [0.2, 0.25) is 0 Å². The van der Waals surface area contributed by atoms with Crippen LogP contribution in [-0.4, -0.2) is 21.6 Å². The van der Waals surface area contributed by atoms with E-state index in [1.807, 2.05) is 31.7 Å². The van der Waals surface area contributed by atoms with Gasteiger partial charge < -0.3 is 10.0 Å². The fourth-order valence-corrected chi connectivity index (χ4v) is 1.45. The first kappa shape index (κ1) is 12.2. The molecule has 1 aromatic heterocycles. The first-order valence-corrected chi connectivity index (χ1v) is 5.10. The molecule has 1 N–H and O–H groups in total. The van der Waals surface area contributed by atoms with Crippen LogP contribution >= 0.6 is 0 Å². The minimum atomic E-state index is 0.596. The fraction of sp³-hybridized carbons (Fsp3) is 0.333. The minimum Gasteiger partial charge on any atom is -0.514 e. The maximum Gasteiger partial charge on any atom is 0.137 e. The number of aryl methyl sites for hydroxylation is 2. The van der Waals surface area contributed by atoms with Crippen molar-refractivity contribution < 1.29 is 5.11 Å². The number of hydrogen-bond acceptors (Lipinski definition) is 4. The smallest absolute Gasteiger partial charge is 0.137 e. The van der Waals surface area contributed by atoms with Crippen LogP contribution in [-0.2, 0) is 0 Å². The van der Waals surface area contributed by atoms with E-state index in [9.17, 15) is 0 Å². The van der Waals surface area contributed by atoms with Gasteiger partial charge >= 0.3 is 0 Å².